The first-order valence-electron chi connectivity index (χ1n) is 9.80. The molecular formula is C21H23N3O4S2. The van der Waals surface area contributed by atoms with Crippen molar-refractivity contribution in [3.05, 3.63) is 63.3 Å². The van der Waals surface area contributed by atoms with Crippen LogP contribution in [0.25, 0.3) is 10.2 Å². The van der Waals surface area contributed by atoms with E-state index in [0.717, 1.165) is 48.4 Å². The van der Waals surface area contributed by atoms with Crippen LogP contribution in [-0.4, -0.2) is 36.9 Å². The molecule has 1 N–H and O–H groups in total. The molecule has 1 aliphatic heterocycles. The van der Waals surface area contributed by atoms with E-state index in [2.05, 4.69) is 4.72 Å². The van der Waals surface area contributed by atoms with Crippen LogP contribution in [0.4, 0.5) is 0 Å². The monoisotopic (exact) mass is 445 g/mol. The van der Waals surface area contributed by atoms with E-state index in [1.165, 1.54) is 16.7 Å². The average Bonchev–Trinajstić information content (AvgIpc) is 3.36. The average molecular weight is 446 g/mol. The van der Waals surface area contributed by atoms with Crippen LogP contribution >= 0.6 is 11.3 Å². The molecule has 7 nitrogen and oxygen atoms in total. The molecule has 9 heteroatoms. The zero-order valence-corrected chi connectivity index (χ0v) is 18.3. The fraction of sp³-hybridized carbons (Fsp3) is 0.333. The number of likely N-dealkylation sites (tertiary alicyclic amines) is 1. The Hall–Kier alpha value is -2.49. The zero-order chi connectivity index (χ0) is 21.3. The Morgan fingerprint density at radius 1 is 1.10 bits per heavy atom. The molecule has 30 heavy (non-hydrogen) atoms. The fourth-order valence-electron chi connectivity index (χ4n) is 3.53. The fourth-order valence-corrected chi connectivity index (χ4v) is 5.58. The highest BCUT2D eigenvalue weighted by molar-refractivity contribution is 7.89. The lowest BCUT2D eigenvalue weighted by Crippen LogP contribution is -2.33. The third kappa shape index (κ3) is 4.33. The summed E-state index contributed by atoms with van der Waals surface area (Å²) in [4.78, 5) is 26.5. The van der Waals surface area contributed by atoms with Gasteiger partial charge in [-0.1, -0.05) is 41.2 Å². The molecule has 0 radical (unpaired) electrons. The van der Waals surface area contributed by atoms with Crippen LogP contribution in [0.2, 0.25) is 0 Å². The summed E-state index contributed by atoms with van der Waals surface area (Å²) in [6, 6.07) is 12.2. The van der Waals surface area contributed by atoms with Gasteiger partial charge in [-0.15, -0.1) is 0 Å². The smallest absolute Gasteiger partial charge is 0.308 e. The predicted octanol–water partition coefficient (Wildman–Crippen LogP) is 2.47. The first-order chi connectivity index (χ1) is 14.3. The van der Waals surface area contributed by atoms with Gasteiger partial charge in [0.2, 0.25) is 15.9 Å². The highest BCUT2D eigenvalue weighted by atomic mass is 32.2. The Bertz CT molecular complexity index is 1240. The maximum absolute atomic E-state index is 12.7. The van der Waals surface area contributed by atoms with Gasteiger partial charge in [-0.25, -0.2) is 13.1 Å². The number of benzene rings is 2. The summed E-state index contributed by atoms with van der Waals surface area (Å²) in [5.41, 5.74) is 2.55. The van der Waals surface area contributed by atoms with E-state index < -0.39 is 10.0 Å². The number of carbonyl (C=O) groups is 1. The van der Waals surface area contributed by atoms with E-state index >= 15 is 0 Å². The molecule has 2 aromatic carbocycles. The first-order valence-corrected chi connectivity index (χ1v) is 12.1. The van der Waals surface area contributed by atoms with Crippen LogP contribution in [0.1, 0.15) is 24.0 Å². The van der Waals surface area contributed by atoms with E-state index in [1.54, 1.807) is 11.0 Å². The second-order valence-electron chi connectivity index (χ2n) is 7.48. The highest BCUT2D eigenvalue weighted by Gasteiger charge is 2.21. The number of sulfonamides is 1. The number of hydrogen-bond acceptors (Lipinski definition) is 5. The maximum atomic E-state index is 12.7. The van der Waals surface area contributed by atoms with Crippen LogP contribution in [0.15, 0.2) is 52.2 Å². The topological polar surface area (TPSA) is 88.5 Å². The number of aromatic nitrogens is 1. The number of nitrogens with one attached hydrogen (secondary N) is 1. The lowest BCUT2D eigenvalue weighted by Gasteiger charge is -2.15. The van der Waals surface area contributed by atoms with Crippen molar-refractivity contribution < 1.29 is 13.2 Å². The highest BCUT2D eigenvalue weighted by Crippen LogP contribution is 2.22. The van der Waals surface area contributed by atoms with E-state index in [4.69, 9.17) is 0 Å². The van der Waals surface area contributed by atoms with Crippen molar-refractivity contribution in [2.75, 3.05) is 13.1 Å². The molecule has 0 bridgehead atoms. The molecule has 1 aliphatic rings. The molecule has 2 heterocycles. The zero-order valence-electron chi connectivity index (χ0n) is 16.6. The van der Waals surface area contributed by atoms with Gasteiger partial charge in [0.25, 0.3) is 0 Å². The summed E-state index contributed by atoms with van der Waals surface area (Å²) in [6.07, 6.45) is 1.98. The van der Waals surface area contributed by atoms with Crippen molar-refractivity contribution in [2.45, 2.75) is 37.8 Å². The van der Waals surface area contributed by atoms with Gasteiger partial charge in [0.05, 0.1) is 15.1 Å². The third-order valence-electron chi connectivity index (χ3n) is 5.29. The number of nitrogens with zero attached hydrogens (tertiary/aromatic N) is 2. The van der Waals surface area contributed by atoms with E-state index in [-0.39, 0.29) is 28.8 Å². The van der Waals surface area contributed by atoms with E-state index in [9.17, 15) is 18.0 Å². The first kappa shape index (κ1) is 20.8. The SMILES string of the molecule is Cc1ccc(CNS(=O)(=O)c2ccc3c(c2)sc(=O)n3CC(=O)N2CCCC2)cc1. The molecule has 3 aromatic rings. The van der Waals surface area contributed by atoms with Crippen molar-refractivity contribution in [1.29, 1.82) is 0 Å². The lowest BCUT2D eigenvalue weighted by molar-refractivity contribution is -0.130. The van der Waals surface area contributed by atoms with Crippen molar-refractivity contribution in [1.82, 2.24) is 14.2 Å². The minimum absolute atomic E-state index is 0.0173. The minimum Gasteiger partial charge on any atom is -0.341 e. The molecule has 158 valence electrons. The number of aryl methyl sites for hydroxylation is 1. The second-order valence-corrected chi connectivity index (χ2v) is 10.2. The molecule has 0 saturated carbocycles. The van der Waals surface area contributed by atoms with Gasteiger partial charge in [0.1, 0.15) is 6.54 Å². The number of rotatable bonds is 6. The number of hydrogen-bond donors (Lipinski definition) is 1. The second kappa shape index (κ2) is 8.33. The summed E-state index contributed by atoms with van der Waals surface area (Å²) >= 11 is 0.954. The Labute approximate surface area is 179 Å². The van der Waals surface area contributed by atoms with Gasteiger partial charge in [0, 0.05) is 19.6 Å². The van der Waals surface area contributed by atoms with Crippen LogP contribution in [-0.2, 0) is 27.9 Å². The van der Waals surface area contributed by atoms with E-state index in [1.807, 2.05) is 31.2 Å². The van der Waals surface area contributed by atoms with Crippen LogP contribution < -0.4 is 9.60 Å². The molecule has 0 atom stereocenters. The summed E-state index contributed by atoms with van der Waals surface area (Å²) in [5, 5.41) is 0. The van der Waals surface area contributed by atoms with Crippen molar-refractivity contribution >= 4 is 37.5 Å². The molecule has 1 saturated heterocycles. The molecule has 1 amide bonds. The van der Waals surface area contributed by atoms with Crippen LogP contribution in [0.3, 0.4) is 0 Å². The Kier molecular flexibility index (Phi) is 5.77. The number of fused-ring (bicyclic) bond motifs is 1. The summed E-state index contributed by atoms with van der Waals surface area (Å²) in [5.74, 6) is -0.0780. The van der Waals surface area contributed by atoms with Gasteiger partial charge in [-0.3, -0.25) is 14.2 Å². The minimum atomic E-state index is -3.73. The van der Waals surface area contributed by atoms with Gasteiger partial charge in [-0.2, -0.15) is 0 Å². The third-order valence-corrected chi connectivity index (χ3v) is 7.63. The molecule has 1 fully saturated rings. The summed E-state index contributed by atoms with van der Waals surface area (Å²) in [6.45, 7) is 3.59. The van der Waals surface area contributed by atoms with Crippen LogP contribution in [0, 0.1) is 6.92 Å². The molecule has 0 spiro atoms. The van der Waals surface area contributed by atoms with Crippen molar-refractivity contribution in [2.24, 2.45) is 0 Å². The van der Waals surface area contributed by atoms with Crippen LogP contribution in [0.5, 0.6) is 0 Å². The Morgan fingerprint density at radius 3 is 2.50 bits per heavy atom. The van der Waals surface area contributed by atoms with Crippen molar-refractivity contribution in [3.8, 4) is 0 Å². The molecular weight excluding hydrogens is 422 g/mol. The molecule has 0 unspecified atom stereocenters. The standard InChI is InChI=1S/C21H23N3O4S2/c1-15-4-6-16(7-5-15)13-22-30(27,28)17-8-9-18-19(12-17)29-21(26)24(18)14-20(25)23-10-2-3-11-23/h4-9,12,22H,2-3,10-11,13-14H2,1H3. The normalized spacial score (nSPS) is 14.5. The molecule has 4 rings (SSSR count). The number of amides is 1. The summed E-state index contributed by atoms with van der Waals surface area (Å²) < 4.78 is 30.0. The maximum Gasteiger partial charge on any atom is 0.308 e. The van der Waals surface area contributed by atoms with Gasteiger partial charge >= 0.3 is 4.87 Å². The van der Waals surface area contributed by atoms with Gasteiger partial charge < -0.3 is 4.90 Å². The predicted molar refractivity (Wildman–Crippen MR) is 117 cm³/mol. The quantitative estimate of drug-likeness (QED) is 0.631. The van der Waals surface area contributed by atoms with E-state index in [0.29, 0.717) is 10.2 Å². The number of thiazole rings is 1. The van der Waals surface area contributed by atoms with Crippen molar-refractivity contribution in [3.63, 3.8) is 0 Å². The van der Waals surface area contributed by atoms with Gasteiger partial charge in [0.15, 0.2) is 0 Å². The van der Waals surface area contributed by atoms with Gasteiger partial charge in [-0.05, 0) is 43.5 Å². The lowest BCUT2D eigenvalue weighted by atomic mass is 10.2. The largest absolute Gasteiger partial charge is 0.341 e. The Morgan fingerprint density at radius 2 is 1.80 bits per heavy atom. The number of carbonyl (C=O) groups excluding carboxylic acids is 1. The molecule has 1 aromatic heterocycles. The Balaban J connectivity index is 1.55. The molecule has 0 aliphatic carbocycles. The summed E-state index contributed by atoms with van der Waals surface area (Å²) in [7, 11) is -3.73.